The summed E-state index contributed by atoms with van der Waals surface area (Å²) < 4.78 is 32.9. The van der Waals surface area contributed by atoms with E-state index in [2.05, 4.69) is 15.3 Å². The quantitative estimate of drug-likeness (QED) is 0.828. The number of fused-ring (bicyclic) bond motifs is 1. The first-order chi connectivity index (χ1) is 9.06. The van der Waals surface area contributed by atoms with Crippen molar-refractivity contribution in [2.45, 2.75) is 6.92 Å². The number of hydrogen-bond donors (Lipinski definition) is 2. The molecule has 1 aromatic heterocycles. The van der Waals surface area contributed by atoms with Crippen molar-refractivity contribution in [2.24, 2.45) is 0 Å². The fourth-order valence-electron chi connectivity index (χ4n) is 1.94. The molecule has 3 rings (SSSR count). The molecular formula is C12H9F2N3O2. The number of carbonyl (C=O) groups excluding carboxylic acids is 1. The summed E-state index contributed by atoms with van der Waals surface area (Å²) in [5, 5.41) is 2.47. The van der Waals surface area contributed by atoms with E-state index in [1.54, 1.807) is 6.92 Å². The van der Waals surface area contributed by atoms with E-state index in [0.717, 1.165) is 0 Å². The molecule has 0 aliphatic carbocycles. The van der Waals surface area contributed by atoms with E-state index >= 15 is 0 Å². The van der Waals surface area contributed by atoms with Crippen molar-refractivity contribution in [3.63, 3.8) is 0 Å². The van der Waals surface area contributed by atoms with Crippen LogP contribution in [0, 0.1) is 18.7 Å². The highest BCUT2D eigenvalue weighted by atomic mass is 19.1. The molecule has 19 heavy (non-hydrogen) atoms. The Balaban J connectivity index is 2.14. The number of anilines is 1. The summed E-state index contributed by atoms with van der Waals surface area (Å²) >= 11 is 0. The molecular weight excluding hydrogens is 256 g/mol. The Hall–Kier alpha value is -2.44. The zero-order chi connectivity index (χ0) is 13.6. The van der Waals surface area contributed by atoms with Crippen LogP contribution in [0.4, 0.5) is 14.5 Å². The lowest BCUT2D eigenvalue weighted by Crippen LogP contribution is -2.26. The molecule has 1 amide bonds. The van der Waals surface area contributed by atoms with Gasteiger partial charge in [-0.1, -0.05) is 0 Å². The van der Waals surface area contributed by atoms with Gasteiger partial charge in [-0.25, -0.2) is 9.37 Å². The molecule has 1 aliphatic heterocycles. The van der Waals surface area contributed by atoms with Crippen LogP contribution in [0.1, 0.15) is 5.82 Å². The number of aromatic nitrogens is 2. The van der Waals surface area contributed by atoms with Crippen LogP contribution in [0.15, 0.2) is 12.1 Å². The van der Waals surface area contributed by atoms with E-state index in [1.165, 1.54) is 12.1 Å². The third kappa shape index (κ3) is 1.83. The van der Waals surface area contributed by atoms with Gasteiger partial charge in [-0.15, -0.1) is 0 Å². The number of ether oxygens (including phenoxy) is 1. The van der Waals surface area contributed by atoms with E-state index < -0.39 is 11.8 Å². The maximum atomic E-state index is 14.3. The number of aromatic amines is 1. The van der Waals surface area contributed by atoms with Gasteiger partial charge in [0.05, 0.1) is 5.69 Å². The molecule has 0 saturated carbocycles. The molecule has 1 aromatic carbocycles. The number of nitrogens with one attached hydrogen (secondary N) is 2. The maximum absolute atomic E-state index is 14.3. The van der Waals surface area contributed by atoms with Crippen LogP contribution in [-0.2, 0) is 4.79 Å². The lowest BCUT2D eigenvalue weighted by Gasteiger charge is -2.19. The highest BCUT2D eigenvalue weighted by Crippen LogP contribution is 2.37. The van der Waals surface area contributed by atoms with Crippen LogP contribution >= 0.6 is 0 Å². The summed E-state index contributed by atoms with van der Waals surface area (Å²) in [6.45, 7) is 1.30. The number of carbonyl (C=O) groups is 1. The number of aryl methyl sites for hydroxylation is 1. The molecule has 2 heterocycles. The first kappa shape index (κ1) is 11.6. The molecule has 2 N–H and O–H groups in total. The number of amides is 1. The second kappa shape index (κ2) is 4.04. The van der Waals surface area contributed by atoms with Gasteiger partial charge in [-0.05, 0) is 19.1 Å². The molecule has 98 valence electrons. The zero-order valence-corrected chi connectivity index (χ0v) is 9.88. The van der Waals surface area contributed by atoms with Crippen LogP contribution in [-0.4, -0.2) is 22.5 Å². The predicted molar refractivity (Wildman–Crippen MR) is 62.8 cm³/mol. The van der Waals surface area contributed by atoms with Gasteiger partial charge < -0.3 is 15.0 Å². The monoisotopic (exact) mass is 265 g/mol. The van der Waals surface area contributed by atoms with E-state index in [0.29, 0.717) is 5.82 Å². The normalized spacial score (nSPS) is 13.7. The van der Waals surface area contributed by atoms with Crippen LogP contribution in [0.5, 0.6) is 5.75 Å². The topological polar surface area (TPSA) is 67.0 Å². The first-order valence-corrected chi connectivity index (χ1v) is 5.54. The van der Waals surface area contributed by atoms with Crippen molar-refractivity contribution in [1.82, 2.24) is 9.97 Å². The molecule has 2 aromatic rings. The van der Waals surface area contributed by atoms with Crippen LogP contribution in [0.25, 0.3) is 11.3 Å². The molecule has 0 saturated heterocycles. The number of nitrogens with zero attached hydrogens (tertiary/aromatic N) is 1. The zero-order valence-electron chi connectivity index (χ0n) is 9.88. The van der Waals surface area contributed by atoms with Crippen molar-refractivity contribution in [1.29, 1.82) is 0 Å². The summed E-state index contributed by atoms with van der Waals surface area (Å²) in [6, 6.07) is 2.80. The van der Waals surface area contributed by atoms with Crippen LogP contribution in [0.2, 0.25) is 0 Å². The SMILES string of the molecule is Cc1nc(-c2ccc3c(c2F)OCC(=O)N3)c(F)[nH]1. The summed E-state index contributed by atoms with van der Waals surface area (Å²) in [6.07, 6.45) is 0. The van der Waals surface area contributed by atoms with E-state index in [-0.39, 0.29) is 35.2 Å². The third-order valence-electron chi connectivity index (χ3n) is 2.75. The minimum absolute atomic E-state index is 0.0169. The van der Waals surface area contributed by atoms with Crippen LogP contribution in [0.3, 0.4) is 0 Å². The van der Waals surface area contributed by atoms with Crippen molar-refractivity contribution in [3.8, 4) is 17.0 Å². The van der Waals surface area contributed by atoms with Gasteiger partial charge in [0.2, 0.25) is 5.95 Å². The fraction of sp³-hybridized carbons (Fsp3) is 0.167. The molecule has 0 fully saturated rings. The molecule has 7 heteroatoms. The molecule has 0 unspecified atom stereocenters. The third-order valence-corrected chi connectivity index (χ3v) is 2.75. The largest absolute Gasteiger partial charge is 0.478 e. The van der Waals surface area contributed by atoms with Gasteiger partial charge in [0.25, 0.3) is 5.91 Å². The van der Waals surface area contributed by atoms with Gasteiger partial charge in [0, 0.05) is 5.56 Å². The number of halogens is 2. The number of benzene rings is 1. The van der Waals surface area contributed by atoms with Gasteiger partial charge in [0.15, 0.2) is 18.2 Å². The Morgan fingerprint density at radius 1 is 1.37 bits per heavy atom. The summed E-state index contributed by atoms with van der Waals surface area (Å²) in [5.74, 6) is -1.57. The molecule has 0 atom stereocenters. The van der Waals surface area contributed by atoms with Crippen molar-refractivity contribution in [3.05, 3.63) is 29.7 Å². The smallest absolute Gasteiger partial charge is 0.262 e. The Bertz CT molecular complexity index is 682. The number of rotatable bonds is 1. The second-order valence-electron chi connectivity index (χ2n) is 4.13. The maximum Gasteiger partial charge on any atom is 0.262 e. The fourth-order valence-corrected chi connectivity index (χ4v) is 1.94. The van der Waals surface area contributed by atoms with Gasteiger partial charge >= 0.3 is 0 Å². The first-order valence-electron chi connectivity index (χ1n) is 5.54. The number of imidazole rings is 1. The van der Waals surface area contributed by atoms with Gasteiger partial charge in [-0.3, -0.25) is 4.79 Å². The number of H-pyrrole nitrogens is 1. The number of hydrogen-bond acceptors (Lipinski definition) is 3. The van der Waals surface area contributed by atoms with Gasteiger partial charge in [0.1, 0.15) is 11.5 Å². The Labute approximate surface area is 106 Å². The highest BCUT2D eigenvalue weighted by Gasteiger charge is 2.24. The lowest BCUT2D eigenvalue weighted by molar-refractivity contribution is -0.118. The molecule has 5 nitrogen and oxygen atoms in total. The van der Waals surface area contributed by atoms with Crippen LogP contribution < -0.4 is 10.1 Å². The molecule has 0 spiro atoms. The highest BCUT2D eigenvalue weighted by molar-refractivity contribution is 5.96. The summed E-state index contributed by atoms with van der Waals surface area (Å²) in [5.41, 5.74) is 0.0974. The average molecular weight is 265 g/mol. The minimum atomic E-state index is -0.747. The van der Waals surface area contributed by atoms with E-state index in [4.69, 9.17) is 4.74 Å². The summed E-state index contributed by atoms with van der Waals surface area (Å²) in [7, 11) is 0. The van der Waals surface area contributed by atoms with Crippen molar-refractivity contribution >= 4 is 11.6 Å². The Morgan fingerprint density at radius 3 is 2.84 bits per heavy atom. The second-order valence-corrected chi connectivity index (χ2v) is 4.13. The lowest BCUT2D eigenvalue weighted by atomic mass is 10.1. The Morgan fingerprint density at radius 2 is 2.16 bits per heavy atom. The van der Waals surface area contributed by atoms with Crippen molar-refractivity contribution < 1.29 is 18.3 Å². The molecule has 1 aliphatic rings. The average Bonchev–Trinajstić information content (AvgIpc) is 2.68. The van der Waals surface area contributed by atoms with Gasteiger partial charge in [-0.2, -0.15) is 4.39 Å². The molecule has 0 bridgehead atoms. The van der Waals surface area contributed by atoms with E-state index in [1.807, 2.05) is 0 Å². The Kier molecular flexibility index (Phi) is 2.48. The predicted octanol–water partition coefficient (Wildman–Crippen LogP) is 1.99. The van der Waals surface area contributed by atoms with Crippen molar-refractivity contribution in [2.75, 3.05) is 11.9 Å². The summed E-state index contributed by atoms with van der Waals surface area (Å²) in [4.78, 5) is 17.4. The standard InChI is InChI=1S/C12H9F2N3O2/c1-5-15-10(12(14)16-5)6-2-3-7-11(9(6)13)19-4-8(18)17-7/h2-3H,4H2,1H3,(H,15,16)(H,17,18). The molecule has 0 radical (unpaired) electrons. The van der Waals surface area contributed by atoms with E-state index in [9.17, 15) is 13.6 Å². The minimum Gasteiger partial charge on any atom is -0.478 e.